The van der Waals surface area contributed by atoms with Gasteiger partial charge in [-0.15, -0.1) is 0 Å². The molecule has 0 amide bonds. The number of para-hydroxylation sites is 1. The number of aliphatic hydroxyl groups excluding tert-OH is 1. The van der Waals surface area contributed by atoms with E-state index >= 15 is 0 Å². The zero-order chi connectivity index (χ0) is 13.0. The molecule has 0 bridgehead atoms. The van der Waals surface area contributed by atoms with Crippen molar-refractivity contribution in [3.8, 4) is 5.75 Å². The van der Waals surface area contributed by atoms with Gasteiger partial charge in [0, 0.05) is 11.3 Å². The highest BCUT2D eigenvalue weighted by Crippen LogP contribution is 2.24. The molecular formula is C15H17NO2. The zero-order valence-electron chi connectivity index (χ0n) is 10.7. The van der Waals surface area contributed by atoms with Crippen LogP contribution >= 0.6 is 0 Å². The maximum Gasteiger partial charge on any atom is 0.130 e. The number of nitrogens with zero attached hydrogens (tertiary/aromatic N) is 1. The first-order chi connectivity index (χ1) is 8.70. The fourth-order valence-electron chi connectivity index (χ4n) is 1.87. The van der Waals surface area contributed by atoms with Crippen molar-refractivity contribution in [2.45, 2.75) is 27.1 Å². The summed E-state index contributed by atoms with van der Waals surface area (Å²) in [6, 6.07) is 11.6. The summed E-state index contributed by atoms with van der Waals surface area (Å²) in [6.45, 7) is 4.33. The smallest absolute Gasteiger partial charge is 0.130 e. The quantitative estimate of drug-likeness (QED) is 0.897. The second-order valence-electron chi connectivity index (χ2n) is 4.28. The molecule has 1 heterocycles. The lowest BCUT2D eigenvalue weighted by Gasteiger charge is -2.12. The average Bonchev–Trinajstić information content (AvgIpc) is 2.37. The van der Waals surface area contributed by atoms with Crippen LogP contribution in [-0.4, -0.2) is 10.1 Å². The molecule has 0 fully saturated rings. The summed E-state index contributed by atoms with van der Waals surface area (Å²) in [5.74, 6) is 0.753. The van der Waals surface area contributed by atoms with E-state index in [1.54, 1.807) is 0 Å². The lowest BCUT2D eigenvalue weighted by molar-refractivity contribution is 0.256. The minimum Gasteiger partial charge on any atom is -0.487 e. The third-order valence-corrected chi connectivity index (χ3v) is 2.77. The van der Waals surface area contributed by atoms with Crippen molar-refractivity contribution in [1.82, 2.24) is 4.98 Å². The van der Waals surface area contributed by atoms with Gasteiger partial charge >= 0.3 is 0 Å². The van der Waals surface area contributed by atoms with Gasteiger partial charge in [0.15, 0.2) is 0 Å². The topological polar surface area (TPSA) is 42.4 Å². The van der Waals surface area contributed by atoms with Crippen LogP contribution in [0.3, 0.4) is 0 Å². The first kappa shape index (κ1) is 12.6. The number of aromatic nitrogens is 1. The SMILES string of the molecule is Cc1cccc(COc2c(C)cccc2CO)n1. The summed E-state index contributed by atoms with van der Waals surface area (Å²) in [4.78, 5) is 4.39. The third kappa shape index (κ3) is 2.87. The van der Waals surface area contributed by atoms with E-state index in [0.29, 0.717) is 6.61 Å². The summed E-state index contributed by atoms with van der Waals surface area (Å²) in [7, 11) is 0. The van der Waals surface area contributed by atoms with Gasteiger partial charge in [0.1, 0.15) is 12.4 Å². The lowest BCUT2D eigenvalue weighted by atomic mass is 10.1. The summed E-state index contributed by atoms with van der Waals surface area (Å²) in [5, 5.41) is 9.29. The fourth-order valence-corrected chi connectivity index (χ4v) is 1.87. The number of ether oxygens (including phenoxy) is 1. The van der Waals surface area contributed by atoms with Crippen LogP contribution in [0.15, 0.2) is 36.4 Å². The minimum absolute atomic E-state index is 0.0156. The first-order valence-corrected chi connectivity index (χ1v) is 5.95. The molecule has 3 heteroatoms. The fraction of sp³-hybridized carbons (Fsp3) is 0.267. The maximum atomic E-state index is 9.29. The number of rotatable bonds is 4. The van der Waals surface area contributed by atoms with E-state index in [-0.39, 0.29) is 6.61 Å². The maximum absolute atomic E-state index is 9.29. The second kappa shape index (κ2) is 5.65. The van der Waals surface area contributed by atoms with Gasteiger partial charge in [-0.1, -0.05) is 24.3 Å². The molecule has 2 rings (SSSR count). The standard InChI is InChI=1S/C15H17NO2/c1-11-5-3-7-13(9-17)15(11)18-10-14-8-4-6-12(2)16-14/h3-8,17H,9-10H2,1-2H3. The summed E-state index contributed by atoms with van der Waals surface area (Å²) in [6.07, 6.45) is 0. The molecular weight excluding hydrogens is 226 g/mol. The van der Waals surface area contributed by atoms with Crippen molar-refractivity contribution in [3.63, 3.8) is 0 Å². The van der Waals surface area contributed by atoms with Crippen LogP contribution in [-0.2, 0) is 13.2 Å². The van der Waals surface area contributed by atoms with E-state index in [9.17, 15) is 5.11 Å². The predicted octanol–water partition coefficient (Wildman–Crippen LogP) is 2.77. The molecule has 0 aliphatic carbocycles. The van der Waals surface area contributed by atoms with Gasteiger partial charge in [0.2, 0.25) is 0 Å². The van der Waals surface area contributed by atoms with Crippen molar-refractivity contribution >= 4 is 0 Å². The Bertz CT molecular complexity index is 538. The molecule has 0 atom stereocenters. The number of aliphatic hydroxyl groups is 1. The normalized spacial score (nSPS) is 10.4. The minimum atomic E-state index is -0.0156. The van der Waals surface area contributed by atoms with Crippen LogP contribution in [0.4, 0.5) is 0 Å². The number of benzene rings is 1. The predicted molar refractivity (Wildman–Crippen MR) is 70.4 cm³/mol. The molecule has 3 nitrogen and oxygen atoms in total. The molecule has 1 N–H and O–H groups in total. The van der Waals surface area contributed by atoms with E-state index in [1.165, 1.54) is 0 Å². The van der Waals surface area contributed by atoms with Crippen molar-refractivity contribution in [1.29, 1.82) is 0 Å². The first-order valence-electron chi connectivity index (χ1n) is 5.95. The van der Waals surface area contributed by atoms with Gasteiger partial charge in [-0.2, -0.15) is 0 Å². The molecule has 0 aliphatic heterocycles. The van der Waals surface area contributed by atoms with E-state index in [4.69, 9.17) is 4.74 Å². The Morgan fingerprint density at radius 3 is 2.61 bits per heavy atom. The van der Waals surface area contributed by atoms with Gasteiger partial charge in [-0.25, -0.2) is 0 Å². The number of pyridine rings is 1. The highest BCUT2D eigenvalue weighted by atomic mass is 16.5. The van der Waals surface area contributed by atoms with E-state index in [2.05, 4.69) is 4.98 Å². The molecule has 1 aromatic carbocycles. The van der Waals surface area contributed by atoms with Crippen LogP contribution in [0, 0.1) is 13.8 Å². The van der Waals surface area contributed by atoms with Crippen LogP contribution in [0.25, 0.3) is 0 Å². The second-order valence-corrected chi connectivity index (χ2v) is 4.28. The molecule has 94 valence electrons. The lowest BCUT2D eigenvalue weighted by Crippen LogP contribution is -2.02. The van der Waals surface area contributed by atoms with E-state index in [1.807, 2.05) is 50.2 Å². The largest absolute Gasteiger partial charge is 0.487 e. The summed E-state index contributed by atoms with van der Waals surface area (Å²) < 4.78 is 5.78. The van der Waals surface area contributed by atoms with E-state index in [0.717, 1.165) is 28.3 Å². The van der Waals surface area contributed by atoms with Crippen LogP contribution in [0.2, 0.25) is 0 Å². The Balaban J connectivity index is 2.15. The highest BCUT2D eigenvalue weighted by Gasteiger charge is 2.06. The molecule has 1 aromatic heterocycles. The van der Waals surface area contributed by atoms with Crippen LogP contribution in [0.1, 0.15) is 22.5 Å². The molecule has 0 saturated heterocycles. The van der Waals surface area contributed by atoms with Gasteiger partial charge in [0.25, 0.3) is 0 Å². The van der Waals surface area contributed by atoms with Crippen LogP contribution in [0.5, 0.6) is 5.75 Å². The Labute approximate surface area is 107 Å². The molecule has 0 radical (unpaired) electrons. The molecule has 0 saturated carbocycles. The molecule has 0 spiro atoms. The third-order valence-electron chi connectivity index (χ3n) is 2.77. The highest BCUT2D eigenvalue weighted by molar-refractivity contribution is 5.40. The van der Waals surface area contributed by atoms with Gasteiger partial charge < -0.3 is 9.84 Å². The van der Waals surface area contributed by atoms with Gasteiger partial charge in [-0.3, -0.25) is 4.98 Å². The van der Waals surface area contributed by atoms with E-state index < -0.39 is 0 Å². The van der Waals surface area contributed by atoms with Crippen molar-refractivity contribution in [3.05, 3.63) is 58.9 Å². The van der Waals surface area contributed by atoms with Gasteiger partial charge in [0.05, 0.1) is 12.3 Å². The monoisotopic (exact) mass is 243 g/mol. The van der Waals surface area contributed by atoms with Crippen molar-refractivity contribution < 1.29 is 9.84 Å². The molecule has 2 aromatic rings. The van der Waals surface area contributed by atoms with Gasteiger partial charge in [-0.05, 0) is 31.5 Å². The summed E-state index contributed by atoms with van der Waals surface area (Å²) >= 11 is 0. The van der Waals surface area contributed by atoms with Crippen LogP contribution < -0.4 is 4.74 Å². The Morgan fingerprint density at radius 1 is 1.11 bits per heavy atom. The molecule has 18 heavy (non-hydrogen) atoms. The van der Waals surface area contributed by atoms with Crippen molar-refractivity contribution in [2.24, 2.45) is 0 Å². The summed E-state index contributed by atoms with van der Waals surface area (Å²) in [5.41, 5.74) is 3.70. The Hall–Kier alpha value is -1.87. The number of aryl methyl sites for hydroxylation is 2. The van der Waals surface area contributed by atoms with Crippen molar-refractivity contribution in [2.75, 3.05) is 0 Å². The molecule has 0 unspecified atom stereocenters. The Kier molecular flexibility index (Phi) is 3.95. The zero-order valence-corrected chi connectivity index (χ0v) is 10.7. The number of hydrogen-bond donors (Lipinski definition) is 1. The number of hydrogen-bond acceptors (Lipinski definition) is 3. The average molecular weight is 243 g/mol. The Morgan fingerprint density at radius 2 is 1.89 bits per heavy atom. The molecule has 0 aliphatic rings.